The molecule has 3 nitrogen and oxygen atoms in total. The first-order chi connectivity index (χ1) is 7.00. The molecule has 0 heterocycles. The van der Waals surface area contributed by atoms with E-state index >= 15 is 0 Å². The third-order valence-corrected chi connectivity index (χ3v) is 2.47. The summed E-state index contributed by atoms with van der Waals surface area (Å²) in [6.07, 6.45) is 0. The summed E-state index contributed by atoms with van der Waals surface area (Å²) < 4.78 is 0. The lowest BCUT2D eigenvalue weighted by molar-refractivity contribution is -0.122. The maximum absolute atomic E-state index is 11.2. The maximum atomic E-state index is 11.2. The molecule has 0 saturated heterocycles. The number of amides is 1. The number of nitrogens with two attached hydrogens (primary N) is 1. The number of hydrogen-bond donors (Lipinski definition) is 2. The fourth-order valence-electron chi connectivity index (χ4n) is 1.01. The van der Waals surface area contributed by atoms with Gasteiger partial charge in [0, 0.05) is 16.6 Å². The van der Waals surface area contributed by atoms with Crippen LogP contribution >= 0.6 is 35.6 Å². The zero-order chi connectivity index (χ0) is 11.4. The van der Waals surface area contributed by atoms with Gasteiger partial charge in [-0.05, 0) is 24.6 Å². The van der Waals surface area contributed by atoms with E-state index in [1.807, 2.05) is 0 Å². The molecule has 1 aromatic carbocycles. The molecule has 0 unspecified atom stereocenters. The molecule has 0 bridgehead atoms. The van der Waals surface area contributed by atoms with Crippen LogP contribution in [0.5, 0.6) is 0 Å². The Morgan fingerprint density at radius 3 is 2.62 bits per heavy atom. The number of carbonyl (C=O) groups excluding carboxylic acids is 1. The van der Waals surface area contributed by atoms with Crippen LogP contribution in [0.25, 0.3) is 0 Å². The van der Waals surface area contributed by atoms with Gasteiger partial charge in [0.05, 0.1) is 6.04 Å². The van der Waals surface area contributed by atoms with Crippen molar-refractivity contribution in [1.82, 2.24) is 5.32 Å². The first kappa shape index (κ1) is 15.5. The summed E-state index contributed by atoms with van der Waals surface area (Å²) in [5, 5.41) is 3.77. The van der Waals surface area contributed by atoms with Gasteiger partial charge in [-0.1, -0.05) is 29.3 Å². The monoisotopic (exact) mass is 282 g/mol. The minimum absolute atomic E-state index is 0. The smallest absolute Gasteiger partial charge is 0.236 e. The Hall–Kier alpha value is -0.480. The van der Waals surface area contributed by atoms with Crippen LogP contribution < -0.4 is 11.1 Å². The molecule has 0 aliphatic carbocycles. The molecule has 0 spiro atoms. The van der Waals surface area contributed by atoms with Gasteiger partial charge in [-0.15, -0.1) is 12.4 Å². The molecule has 0 aromatic heterocycles. The van der Waals surface area contributed by atoms with Crippen LogP contribution in [-0.4, -0.2) is 11.9 Å². The molecule has 1 rings (SSSR count). The lowest BCUT2D eigenvalue weighted by Crippen LogP contribution is -2.37. The van der Waals surface area contributed by atoms with Crippen LogP contribution in [0.4, 0.5) is 0 Å². The quantitative estimate of drug-likeness (QED) is 0.895. The van der Waals surface area contributed by atoms with Crippen molar-refractivity contribution >= 4 is 41.5 Å². The summed E-state index contributed by atoms with van der Waals surface area (Å²) in [5.41, 5.74) is 6.21. The van der Waals surface area contributed by atoms with Crippen molar-refractivity contribution in [2.75, 3.05) is 0 Å². The number of halogens is 3. The van der Waals surface area contributed by atoms with Crippen LogP contribution in [0, 0.1) is 0 Å². The van der Waals surface area contributed by atoms with E-state index in [2.05, 4.69) is 5.32 Å². The Labute approximate surface area is 111 Å². The van der Waals surface area contributed by atoms with Gasteiger partial charge in [-0.25, -0.2) is 0 Å². The average Bonchev–Trinajstić information content (AvgIpc) is 2.15. The predicted octanol–water partition coefficient (Wildman–Crippen LogP) is 2.38. The van der Waals surface area contributed by atoms with Crippen molar-refractivity contribution < 1.29 is 4.79 Å². The second-order valence-corrected chi connectivity index (χ2v) is 4.09. The summed E-state index contributed by atoms with van der Waals surface area (Å²) in [5.74, 6) is -0.207. The normalized spacial score (nSPS) is 11.5. The highest BCUT2D eigenvalue weighted by molar-refractivity contribution is 6.35. The van der Waals surface area contributed by atoms with Gasteiger partial charge in [-0.3, -0.25) is 4.79 Å². The lowest BCUT2D eigenvalue weighted by atomic mass is 10.2. The van der Waals surface area contributed by atoms with Crippen LogP contribution in [0.15, 0.2) is 18.2 Å². The van der Waals surface area contributed by atoms with Crippen molar-refractivity contribution in [1.29, 1.82) is 0 Å². The Bertz CT molecular complexity index is 369. The SMILES string of the molecule is C[C@H](N)C(=O)NCc1ccc(Cl)cc1Cl.Cl. The number of hydrogen-bond acceptors (Lipinski definition) is 2. The maximum Gasteiger partial charge on any atom is 0.236 e. The summed E-state index contributed by atoms with van der Waals surface area (Å²) in [6, 6.07) is 4.61. The van der Waals surface area contributed by atoms with Gasteiger partial charge < -0.3 is 11.1 Å². The summed E-state index contributed by atoms with van der Waals surface area (Å²) in [7, 11) is 0. The fraction of sp³-hybridized carbons (Fsp3) is 0.300. The molecule has 6 heteroatoms. The molecular formula is C10H13Cl3N2O. The van der Waals surface area contributed by atoms with Gasteiger partial charge in [-0.2, -0.15) is 0 Å². The Balaban J connectivity index is 0.00000225. The molecule has 0 aliphatic rings. The molecule has 1 amide bonds. The average molecular weight is 284 g/mol. The zero-order valence-electron chi connectivity index (χ0n) is 8.67. The fourth-order valence-corrected chi connectivity index (χ4v) is 1.48. The van der Waals surface area contributed by atoms with E-state index in [1.54, 1.807) is 25.1 Å². The van der Waals surface area contributed by atoms with E-state index in [4.69, 9.17) is 28.9 Å². The Kier molecular flexibility index (Phi) is 6.76. The Morgan fingerprint density at radius 1 is 1.50 bits per heavy atom. The number of benzene rings is 1. The van der Waals surface area contributed by atoms with E-state index in [-0.39, 0.29) is 18.3 Å². The molecule has 1 atom stereocenters. The van der Waals surface area contributed by atoms with E-state index in [0.29, 0.717) is 16.6 Å². The number of rotatable bonds is 3. The first-order valence-electron chi connectivity index (χ1n) is 4.48. The van der Waals surface area contributed by atoms with Crippen molar-refractivity contribution in [2.24, 2.45) is 5.73 Å². The van der Waals surface area contributed by atoms with Crippen molar-refractivity contribution in [3.63, 3.8) is 0 Å². The third kappa shape index (κ3) is 4.58. The molecular weight excluding hydrogens is 270 g/mol. The van der Waals surface area contributed by atoms with E-state index in [1.165, 1.54) is 0 Å². The van der Waals surface area contributed by atoms with E-state index in [0.717, 1.165) is 5.56 Å². The third-order valence-electron chi connectivity index (χ3n) is 1.88. The minimum atomic E-state index is -0.518. The summed E-state index contributed by atoms with van der Waals surface area (Å²) in [6.45, 7) is 1.98. The largest absolute Gasteiger partial charge is 0.351 e. The van der Waals surface area contributed by atoms with Crippen molar-refractivity contribution in [3.05, 3.63) is 33.8 Å². The molecule has 0 radical (unpaired) electrons. The van der Waals surface area contributed by atoms with E-state index < -0.39 is 6.04 Å². The molecule has 0 fully saturated rings. The molecule has 16 heavy (non-hydrogen) atoms. The van der Waals surface area contributed by atoms with Crippen LogP contribution in [0.2, 0.25) is 10.0 Å². The Morgan fingerprint density at radius 2 is 2.12 bits per heavy atom. The summed E-state index contributed by atoms with van der Waals surface area (Å²) >= 11 is 11.7. The number of carbonyl (C=O) groups is 1. The predicted molar refractivity (Wildman–Crippen MR) is 69.2 cm³/mol. The molecule has 1 aromatic rings. The zero-order valence-corrected chi connectivity index (χ0v) is 11.0. The van der Waals surface area contributed by atoms with Gasteiger partial charge in [0.1, 0.15) is 0 Å². The highest BCUT2D eigenvalue weighted by Gasteiger charge is 2.07. The standard InChI is InChI=1S/C10H12Cl2N2O.ClH/c1-6(13)10(15)14-5-7-2-3-8(11)4-9(7)12;/h2-4,6H,5,13H2,1H3,(H,14,15);1H/t6-;/m0./s1. The van der Waals surface area contributed by atoms with Crippen LogP contribution in [0.1, 0.15) is 12.5 Å². The van der Waals surface area contributed by atoms with Crippen LogP contribution in [0.3, 0.4) is 0 Å². The van der Waals surface area contributed by atoms with E-state index in [9.17, 15) is 4.79 Å². The van der Waals surface area contributed by atoms with Gasteiger partial charge in [0.25, 0.3) is 0 Å². The number of nitrogens with one attached hydrogen (secondary N) is 1. The van der Waals surface area contributed by atoms with Gasteiger partial charge >= 0.3 is 0 Å². The molecule has 3 N–H and O–H groups in total. The highest BCUT2D eigenvalue weighted by Crippen LogP contribution is 2.20. The van der Waals surface area contributed by atoms with Crippen molar-refractivity contribution in [2.45, 2.75) is 19.5 Å². The molecule has 90 valence electrons. The molecule has 0 aliphatic heterocycles. The van der Waals surface area contributed by atoms with Crippen molar-refractivity contribution in [3.8, 4) is 0 Å². The summed E-state index contributed by atoms with van der Waals surface area (Å²) in [4.78, 5) is 11.2. The van der Waals surface area contributed by atoms with Gasteiger partial charge in [0.2, 0.25) is 5.91 Å². The highest BCUT2D eigenvalue weighted by atomic mass is 35.5. The minimum Gasteiger partial charge on any atom is -0.351 e. The second kappa shape index (κ2) is 6.97. The lowest BCUT2D eigenvalue weighted by Gasteiger charge is -2.09. The first-order valence-corrected chi connectivity index (χ1v) is 5.23. The second-order valence-electron chi connectivity index (χ2n) is 3.24. The molecule has 0 saturated carbocycles. The topological polar surface area (TPSA) is 55.1 Å². The van der Waals surface area contributed by atoms with Crippen LogP contribution in [-0.2, 0) is 11.3 Å². The van der Waals surface area contributed by atoms with Gasteiger partial charge in [0.15, 0.2) is 0 Å².